The third-order valence-electron chi connectivity index (χ3n) is 3.61. The molecule has 0 radical (unpaired) electrons. The molecule has 0 amide bonds. The highest BCUT2D eigenvalue weighted by Gasteiger charge is 2.38. The lowest BCUT2D eigenvalue weighted by Gasteiger charge is -2.04. The Bertz CT molecular complexity index is 878. The van der Waals surface area contributed by atoms with Gasteiger partial charge in [0.15, 0.2) is 5.15 Å². The molecule has 6 nitrogen and oxygen atoms in total. The maximum atomic E-state index is 12.2. The van der Waals surface area contributed by atoms with Crippen molar-refractivity contribution >= 4 is 11.6 Å². The number of halogens is 3. The molecule has 1 unspecified atom stereocenters. The summed E-state index contributed by atoms with van der Waals surface area (Å²) in [6, 6.07) is 1.60. The van der Waals surface area contributed by atoms with Crippen LogP contribution in [0, 0.1) is 5.92 Å². The van der Waals surface area contributed by atoms with Crippen LogP contribution >= 0.6 is 11.6 Å². The Labute approximate surface area is 133 Å². The summed E-state index contributed by atoms with van der Waals surface area (Å²) in [7, 11) is 0. The van der Waals surface area contributed by atoms with Crippen LogP contribution in [0.5, 0.6) is 0 Å². The minimum absolute atomic E-state index is 0.0337. The zero-order valence-corrected chi connectivity index (χ0v) is 12.3. The third kappa shape index (κ3) is 3.37. The molecule has 120 valence electrons. The molecule has 2 heterocycles. The molecule has 2 N–H and O–H groups in total. The highest BCUT2D eigenvalue weighted by Crippen LogP contribution is 2.50. The lowest BCUT2D eigenvalue weighted by Crippen LogP contribution is -2.23. The summed E-state index contributed by atoms with van der Waals surface area (Å²) < 4.78 is 24.4. The van der Waals surface area contributed by atoms with Crippen molar-refractivity contribution in [2.75, 3.05) is 0 Å². The Morgan fingerprint density at radius 3 is 2.83 bits per heavy atom. The number of allylic oxidation sites excluding steroid dienone is 2. The number of rotatable bonds is 4. The van der Waals surface area contributed by atoms with Gasteiger partial charge in [0.05, 0.1) is 5.56 Å². The molecule has 23 heavy (non-hydrogen) atoms. The van der Waals surface area contributed by atoms with Gasteiger partial charge in [-0.05, 0) is 36.0 Å². The van der Waals surface area contributed by atoms with Crippen molar-refractivity contribution in [3.05, 3.63) is 56.0 Å². The van der Waals surface area contributed by atoms with Gasteiger partial charge in [-0.25, -0.2) is 13.6 Å². The van der Waals surface area contributed by atoms with Gasteiger partial charge in [0.2, 0.25) is 0 Å². The normalized spacial score (nSPS) is 20.3. The molecule has 0 saturated heterocycles. The molecule has 2 aromatic rings. The molecule has 2 atom stereocenters. The second-order valence-electron chi connectivity index (χ2n) is 5.19. The summed E-state index contributed by atoms with van der Waals surface area (Å²) in [6.07, 6.45) is 1.73. The van der Waals surface area contributed by atoms with Crippen LogP contribution in [-0.2, 0) is 0 Å². The second kappa shape index (κ2) is 6.04. The highest BCUT2D eigenvalue weighted by atomic mass is 35.5. The molecule has 9 heteroatoms. The third-order valence-corrected chi connectivity index (χ3v) is 3.91. The standard InChI is InChI=1S/C14H11ClF2N4O2/c15-12-8(7-3-6(7)1-2-11(16)17)4-10(20-21-12)9-5-18-14(23)19-13(9)22/h1-2,4-7,11H,3H2,(H2,18,19,22,23)/b2-1+/t6?,7-/m0/s1. The number of aromatic amines is 2. The van der Waals surface area contributed by atoms with Crippen molar-refractivity contribution in [2.24, 2.45) is 5.92 Å². The summed E-state index contributed by atoms with van der Waals surface area (Å²) in [5, 5.41) is 7.83. The maximum Gasteiger partial charge on any atom is 0.325 e. The van der Waals surface area contributed by atoms with Crippen molar-refractivity contribution < 1.29 is 8.78 Å². The first-order valence-corrected chi connectivity index (χ1v) is 7.15. The van der Waals surface area contributed by atoms with E-state index in [2.05, 4.69) is 20.2 Å². The molecular weight excluding hydrogens is 330 g/mol. The molecule has 0 bridgehead atoms. The van der Waals surface area contributed by atoms with Gasteiger partial charge in [-0.15, -0.1) is 10.2 Å². The van der Waals surface area contributed by atoms with Gasteiger partial charge in [-0.2, -0.15) is 0 Å². The predicted molar refractivity (Wildman–Crippen MR) is 79.7 cm³/mol. The largest absolute Gasteiger partial charge is 0.325 e. The van der Waals surface area contributed by atoms with Crippen LogP contribution in [0.4, 0.5) is 8.78 Å². The molecule has 0 aliphatic heterocycles. The fraction of sp³-hybridized carbons (Fsp3) is 0.286. The Kier molecular flexibility index (Phi) is 4.08. The van der Waals surface area contributed by atoms with E-state index in [0.717, 1.165) is 6.08 Å². The molecular formula is C14H11ClF2N4O2. The number of nitrogens with one attached hydrogen (secondary N) is 2. The quantitative estimate of drug-likeness (QED) is 0.834. The number of aromatic nitrogens is 4. The van der Waals surface area contributed by atoms with Crippen molar-refractivity contribution in [1.29, 1.82) is 0 Å². The van der Waals surface area contributed by atoms with Crippen LogP contribution in [0.2, 0.25) is 5.15 Å². The lowest BCUT2D eigenvalue weighted by molar-refractivity contribution is 0.203. The molecule has 1 aliphatic rings. The fourth-order valence-corrected chi connectivity index (χ4v) is 2.63. The molecule has 1 aliphatic carbocycles. The first kappa shape index (κ1) is 15.5. The van der Waals surface area contributed by atoms with E-state index in [1.54, 1.807) is 6.07 Å². The number of nitrogens with zero attached hydrogens (tertiary/aromatic N) is 2. The number of alkyl halides is 2. The van der Waals surface area contributed by atoms with Gasteiger partial charge in [0.1, 0.15) is 5.69 Å². The van der Waals surface area contributed by atoms with Gasteiger partial charge in [0, 0.05) is 6.20 Å². The van der Waals surface area contributed by atoms with Crippen LogP contribution < -0.4 is 11.2 Å². The van der Waals surface area contributed by atoms with Crippen molar-refractivity contribution in [1.82, 2.24) is 20.2 Å². The average molecular weight is 341 g/mol. The van der Waals surface area contributed by atoms with Gasteiger partial charge in [-0.1, -0.05) is 17.7 Å². The first-order valence-electron chi connectivity index (χ1n) is 6.77. The van der Waals surface area contributed by atoms with E-state index >= 15 is 0 Å². The first-order chi connectivity index (χ1) is 11.0. The van der Waals surface area contributed by atoms with Crippen LogP contribution in [0.25, 0.3) is 11.3 Å². The molecule has 0 aromatic carbocycles. The zero-order chi connectivity index (χ0) is 16.6. The number of H-pyrrole nitrogens is 2. The van der Waals surface area contributed by atoms with Crippen LogP contribution in [-0.4, -0.2) is 26.6 Å². The Morgan fingerprint density at radius 2 is 2.13 bits per heavy atom. The summed E-state index contributed by atoms with van der Waals surface area (Å²) in [4.78, 5) is 27.3. The Morgan fingerprint density at radius 1 is 1.35 bits per heavy atom. The maximum absolute atomic E-state index is 12.2. The van der Waals surface area contributed by atoms with Gasteiger partial charge >= 0.3 is 5.69 Å². The smallest absolute Gasteiger partial charge is 0.313 e. The fourth-order valence-electron chi connectivity index (χ4n) is 2.39. The predicted octanol–water partition coefficient (Wildman–Crippen LogP) is 2.10. The van der Waals surface area contributed by atoms with E-state index in [1.165, 1.54) is 12.3 Å². The second-order valence-corrected chi connectivity index (χ2v) is 5.54. The van der Waals surface area contributed by atoms with Gasteiger partial charge in [0.25, 0.3) is 12.0 Å². The average Bonchev–Trinajstić information content (AvgIpc) is 3.25. The molecule has 2 aromatic heterocycles. The Hall–Kier alpha value is -2.35. The topological polar surface area (TPSA) is 91.5 Å². The van der Waals surface area contributed by atoms with E-state index in [1.807, 2.05) is 0 Å². The van der Waals surface area contributed by atoms with E-state index in [9.17, 15) is 18.4 Å². The summed E-state index contributed by atoms with van der Waals surface area (Å²) in [5.74, 6) is -0.0685. The molecule has 0 spiro atoms. The van der Waals surface area contributed by atoms with Crippen molar-refractivity contribution in [3.63, 3.8) is 0 Å². The SMILES string of the molecule is O=c1[nH]cc(-c2cc([C@H]3CC3/C=C/C(F)F)c(Cl)nn2)c(=O)[nH]1. The van der Waals surface area contributed by atoms with Crippen molar-refractivity contribution in [3.8, 4) is 11.3 Å². The van der Waals surface area contributed by atoms with Crippen molar-refractivity contribution in [2.45, 2.75) is 18.8 Å². The number of hydrogen-bond donors (Lipinski definition) is 2. The Balaban J connectivity index is 1.92. The van der Waals surface area contributed by atoms with E-state index in [-0.39, 0.29) is 28.2 Å². The van der Waals surface area contributed by atoms with E-state index in [4.69, 9.17) is 11.6 Å². The lowest BCUT2D eigenvalue weighted by atomic mass is 10.1. The number of hydrogen-bond acceptors (Lipinski definition) is 4. The molecule has 1 fully saturated rings. The molecule has 1 saturated carbocycles. The zero-order valence-electron chi connectivity index (χ0n) is 11.6. The minimum atomic E-state index is -2.49. The minimum Gasteiger partial charge on any atom is -0.313 e. The monoisotopic (exact) mass is 340 g/mol. The van der Waals surface area contributed by atoms with E-state index < -0.39 is 17.7 Å². The van der Waals surface area contributed by atoms with E-state index in [0.29, 0.717) is 12.0 Å². The summed E-state index contributed by atoms with van der Waals surface area (Å²) in [5.41, 5.74) is -0.173. The van der Waals surface area contributed by atoms with Gasteiger partial charge < -0.3 is 4.98 Å². The van der Waals surface area contributed by atoms with Crippen LogP contribution in [0.15, 0.2) is 34.0 Å². The molecule has 3 rings (SSSR count). The summed E-state index contributed by atoms with van der Waals surface area (Å²) in [6.45, 7) is 0. The van der Waals surface area contributed by atoms with Gasteiger partial charge in [-0.3, -0.25) is 9.78 Å². The highest BCUT2D eigenvalue weighted by molar-refractivity contribution is 6.30. The van der Waals surface area contributed by atoms with Crippen LogP contribution in [0.1, 0.15) is 17.9 Å². The van der Waals surface area contributed by atoms with Crippen LogP contribution in [0.3, 0.4) is 0 Å². The summed E-state index contributed by atoms with van der Waals surface area (Å²) >= 11 is 6.02.